The van der Waals surface area contributed by atoms with E-state index in [4.69, 9.17) is 10.6 Å². The second-order valence-electron chi connectivity index (χ2n) is 10.1. The molecule has 4 heterocycles. The van der Waals surface area contributed by atoms with Crippen molar-refractivity contribution in [1.82, 2.24) is 19.8 Å². The lowest BCUT2D eigenvalue weighted by Gasteiger charge is -2.37. The molecule has 0 unspecified atom stereocenters. The monoisotopic (exact) mass is 478 g/mol. The number of anilines is 1. The molecule has 0 radical (unpaired) electrons. The number of likely N-dealkylation sites (tertiary alicyclic amines) is 2. The fourth-order valence-electron chi connectivity index (χ4n) is 4.92. The smallest absolute Gasteiger partial charge is 0.225 e. The number of pyridine rings is 2. The highest BCUT2D eigenvalue weighted by molar-refractivity contribution is 6.00. The van der Waals surface area contributed by atoms with Crippen LogP contribution in [0.25, 0.3) is 0 Å². The van der Waals surface area contributed by atoms with Gasteiger partial charge in [0, 0.05) is 43.9 Å². The van der Waals surface area contributed by atoms with Gasteiger partial charge in [0.15, 0.2) is 0 Å². The fourth-order valence-corrected chi connectivity index (χ4v) is 4.92. The van der Waals surface area contributed by atoms with Crippen LogP contribution >= 0.6 is 0 Å². The summed E-state index contributed by atoms with van der Waals surface area (Å²) in [7, 11) is 0. The van der Waals surface area contributed by atoms with Crippen LogP contribution in [0.3, 0.4) is 0 Å². The summed E-state index contributed by atoms with van der Waals surface area (Å²) < 4.78 is 0. The average Bonchev–Trinajstić information content (AvgIpc) is 2.87. The maximum atomic E-state index is 13.3. The van der Waals surface area contributed by atoms with E-state index in [0.29, 0.717) is 24.2 Å². The molecular formula is C27H38N6O2. The van der Waals surface area contributed by atoms with E-state index >= 15 is 0 Å². The maximum Gasteiger partial charge on any atom is 0.225 e. The van der Waals surface area contributed by atoms with Gasteiger partial charge in [-0.1, -0.05) is 25.1 Å². The standard InChI is InChI=1S/C27H38N6O2/c1-20(2)19-35-31-26(24-5-3-4-11-29-24)22-9-15-33(16-10-22)27(34)23-7-13-32(14-8-23)18-21-6-12-30-25(28)17-21/h3-6,11-12,17,20,22-23H,7-10,13-16,18-19H2,1-2H3,(H2,28,30)/b31-26-. The summed E-state index contributed by atoms with van der Waals surface area (Å²) in [6.45, 7) is 9.04. The molecular weight excluding hydrogens is 440 g/mol. The third-order valence-electron chi connectivity index (χ3n) is 6.88. The number of nitrogens with two attached hydrogens (primary N) is 1. The number of nitrogen functional groups attached to an aromatic ring is 1. The van der Waals surface area contributed by atoms with Crippen LogP contribution in [-0.4, -0.2) is 64.2 Å². The first-order valence-electron chi connectivity index (χ1n) is 12.8. The number of aromatic nitrogens is 2. The Morgan fingerprint density at radius 1 is 1.06 bits per heavy atom. The molecule has 188 valence electrons. The first kappa shape index (κ1) is 25.1. The van der Waals surface area contributed by atoms with Crippen LogP contribution in [0.5, 0.6) is 0 Å². The number of piperidine rings is 2. The van der Waals surface area contributed by atoms with Crippen LogP contribution in [0.15, 0.2) is 47.9 Å². The predicted molar refractivity (Wildman–Crippen MR) is 138 cm³/mol. The zero-order chi connectivity index (χ0) is 24.6. The number of nitrogens with zero attached hydrogens (tertiary/aromatic N) is 5. The van der Waals surface area contributed by atoms with E-state index in [1.54, 1.807) is 12.4 Å². The zero-order valence-corrected chi connectivity index (χ0v) is 21.0. The first-order chi connectivity index (χ1) is 17.0. The van der Waals surface area contributed by atoms with E-state index < -0.39 is 0 Å². The quantitative estimate of drug-likeness (QED) is 0.460. The van der Waals surface area contributed by atoms with Gasteiger partial charge < -0.3 is 15.5 Å². The Kier molecular flexibility index (Phi) is 8.69. The van der Waals surface area contributed by atoms with E-state index in [2.05, 4.69) is 38.8 Å². The van der Waals surface area contributed by atoms with Gasteiger partial charge in [0.25, 0.3) is 0 Å². The van der Waals surface area contributed by atoms with Gasteiger partial charge in [-0.05, 0) is 74.5 Å². The Morgan fingerprint density at radius 2 is 1.80 bits per heavy atom. The Labute approximate surface area is 208 Å². The molecule has 0 saturated carbocycles. The van der Waals surface area contributed by atoms with Crippen molar-refractivity contribution in [3.8, 4) is 0 Å². The van der Waals surface area contributed by atoms with Crippen LogP contribution in [0, 0.1) is 17.8 Å². The topological polar surface area (TPSA) is 96.9 Å². The van der Waals surface area contributed by atoms with Crippen molar-refractivity contribution in [3.63, 3.8) is 0 Å². The molecule has 0 atom stereocenters. The van der Waals surface area contributed by atoms with Crippen LogP contribution in [0.2, 0.25) is 0 Å². The Hall–Kier alpha value is -3.00. The number of hydrogen-bond acceptors (Lipinski definition) is 7. The zero-order valence-electron chi connectivity index (χ0n) is 21.0. The molecule has 8 nitrogen and oxygen atoms in total. The van der Waals surface area contributed by atoms with Gasteiger partial charge in [0.1, 0.15) is 18.1 Å². The van der Waals surface area contributed by atoms with Crippen molar-refractivity contribution in [1.29, 1.82) is 0 Å². The molecule has 0 spiro atoms. The number of hydrogen-bond donors (Lipinski definition) is 1. The summed E-state index contributed by atoms with van der Waals surface area (Å²) in [4.78, 5) is 32.0. The molecule has 35 heavy (non-hydrogen) atoms. The van der Waals surface area contributed by atoms with E-state index in [-0.39, 0.29) is 11.8 Å². The number of carbonyl (C=O) groups is 1. The van der Waals surface area contributed by atoms with E-state index in [0.717, 1.165) is 69.8 Å². The first-order valence-corrected chi connectivity index (χ1v) is 12.8. The third-order valence-corrected chi connectivity index (χ3v) is 6.88. The van der Waals surface area contributed by atoms with E-state index in [9.17, 15) is 4.79 Å². The van der Waals surface area contributed by atoms with E-state index in [1.165, 1.54) is 5.56 Å². The second-order valence-corrected chi connectivity index (χ2v) is 10.1. The lowest BCUT2D eigenvalue weighted by atomic mass is 9.88. The fraction of sp³-hybridized carbons (Fsp3) is 0.556. The highest BCUT2D eigenvalue weighted by atomic mass is 16.6. The van der Waals surface area contributed by atoms with Gasteiger partial charge >= 0.3 is 0 Å². The SMILES string of the molecule is CC(C)CO/N=C(\c1ccccn1)C1CCN(C(=O)C2CCN(Cc3ccnc(N)c3)CC2)CC1. The molecule has 2 fully saturated rings. The van der Waals surface area contributed by atoms with E-state index in [1.807, 2.05) is 30.3 Å². The Morgan fingerprint density at radius 3 is 2.46 bits per heavy atom. The van der Waals surface area contributed by atoms with Gasteiger partial charge in [0.05, 0.1) is 5.69 Å². The largest absolute Gasteiger partial charge is 0.395 e. The summed E-state index contributed by atoms with van der Waals surface area (Å²) >= 11 is 0. The van der Waals surface area contributed by atoms with Gasteiger partial charge in [-0.2, -0.15) is 0 Å². The van der Waals surface area contributed by atoms with Gasteiger partial charge in [-0.25, -0.2) is 4.98 Å². The van der Waals surface area contributed by atoms with Gasteiger partial charge in [-0.15, -0.1) is 0 Å². The second kappa shape index (κ2) is 12.1. The van der Waals surface area contributed by atoms with Crippen LogP contribution in [-0.2, 0) is 16.2 Å². The highest BCUT2D eigenvalue weighted by Crippen LogP contribution is 2.26. The minimum atomic E-state index is 0.114. The molecule has 2 aliphatic heterocycles. The Bertz CT molecular complexity index is 980. The van der Waals surface area contributed by atoms with Crippen molar-refractivity contribution in [2.75, 3.05) is 38.5 Å². The lowest BCUT2D eigenvalue weighted by molar-refractivity contribution is -0.138. The van der Waals surface area contributed by atoms with Crippen LogP contribution < -0.4 is 5.73 Å². The number of amides is 1. The lowest BCUT2D eigenvalue weighted by Crippen LogP contribution is -2.46. The minimum absolute atomic E-state index is 0.114. The van der Waals surface area contributed by atoms with Crippen molar-refractivity contribution < 1.29 is 9.63 Å². The summed E-state index contributed by atoms with van der Waals surface area (Å²) in [6, 6.07) is 9.82. The molecule has 8 heteroatoms. The minimum Gasteiger partial charge on any atom is -0.395 e. The van der Waals surface area contributed by atoms with Crippen LogP contribution in [0.4, 0.5) is 5.82 Å². The van der Waals surface area contributed by atoms with Crippen molar-refractivity contribution in [2.24, 2.45) is 22.9 Å². The summed E-state index contributed by atoms with van der Waals surface area (Å²) in [6.07, 6.45) is 7.13. The average molecular weight is 479 g/mol. The summed E-state index contributed by atoms with van der Waals surface area (Å²) in [5.74, 6) is 1.64. The molecule has 2 aliphatic rings. The van der Waals surface area contributed by atoms with Gasteiger partial charge in [0.2, 0.25) is 5.91 Å². The van der Waals surface area contributed by atoms with Gasteiger partial charge in [-0.3, -0.25) is 14.7 Å². The third kappa shape index (κ3) is 7.01. The van der Waals surface area contributed by atoms with Crippen LogP contribution in [0.1, 0.15) is 50.8 Å². The highest BCUT2D eigenvalue weighted by Gasteiger charge is 2.32. The maximum absolute atomic E-state index is 13.3. The predicted octanol–water partition coefficient (Wildman–Crippen LogP) is 3.59. The van der Waals surface area contributed by atoms with Crippen molar-refractivity contribution in [2.45, 2.75) is 46.1 Å². The molecule has 0 aliphatic carbocycles. The number of oxime groups is 1. The Balaban J connectivity index is 1.28. The molecule has 0 aromatic carbocycles. The molecule has 2 aromatic heterocycles. The molecule has 2 saturated heterocycles. The molecule has 4 rings (SSSR count). The molecule has 2 aromatic rings. The number of carbonyl (C=O) groups excluding carboxylic acids is 1. The molecule has 2 N–H and O–H groups in total. The normalized spacial score (nSPS) is 18.7. The molecule has 0 bridgehead atoms. The molecule has 1 amide bonds. The van der Waals surface area contributed by atoms with Crippen molar-refractivity contribution >= 4 is 17.4 Å². The summed E-state index contributed by atoms with van der Waals surface area (Å²) in [5.41, 5.74) is 8.75. The summed E-state index contributed by atoms with van der Waals surface area (Å²) in [5, 5.41) is 4.50. The number of rotatable bonds is 8. The van der Waals surface area contributed by atoms with Crippen molar-refractivity contribution in [3.05, 3.63) is 54.0 Å².